The first-order chi connectivity index (χ1) is 11.5. The summed E-state index contributed by atoms with van der Waals surface area (Å²) in [5.74, 6) is 0.723. The predicted octanol–water partition coefficient (Wildman–Crippen LogP) is 3.90. The first kappa shape index (κ1) is 18.3. The van der Waals surface area contributed by atoms with Crippen molar-refractivity contribution < 1.29 is 9.53 Å². The Morgan fingerprint density at radius 1 is 1.17 bits per heavy atom. The summed E-state index contributed by atoms with van der Waals surface area (Å²) in [6.07, 6.45) is 0.962. The molecule has 2 aromatic carbocycles. The van der Waals surface area contributed by atoms with Gasteiger partial charge in [-0.15, -0.1) is 0 Å². The molecule has 0 bridgehead atoms. The molecule has 0 atom stereocenters. The largest absolute Gasteiger partial charge is 0.491 e. The zero-order valence-corrected chi connectivity index (χ0v) is 14.8. The fraction of sp³-hybridized carbons (Fsp3) is 0.316. The number of carbonyl (C=O) groups excluding carboxylic acids is 1. The highest BCUT2D eigenvalue weighted by Gasteiger charge is 2.03. The minimum absolute atomic E-state index is 0.0707. The van der Waals surface area contributed by atoms with Gasteiger partial charge < -0.3 is 15.4 Å². The monoisotopic (exact) mass is 346 g/mol. The van der Waals surface area contributed by atoms with Gasteiger partial charge in [-0.2, -0.15) is 0 Å². The van der Waals surface area contributed by atoms with E-state index in [1.807, 2.05) is 62.4 Å². The Hall–Kier alpha value is -2.04. The molecule has 2 N–H and O–H groups in total. The van der Waals surface area contributed by atoms with E-state index in [0.717, 1.165) is 35.0 Å². The first-order valence-electron chi connectivity index (χ1n) is 8.04. The van der Waals surface area contributed by atoms with Crippen LogP contribution in [0.4, 0.5) is 5.69 Å². The minimum Gasteiger partial charge on any atom is -0.491 e. The molecule has 0 heterocycles. The van der Waals surface area contributed by atoms with Crippen LogP contribution >= 0.6 is 11.6 Å². The highest BCUT2D eigenvalue weighted by molar-refractivity contribution is 6.30. The maximum atomic E-state index is 11.9. The highest BCUT2D eigenvalue weighted by Crippen LogP contribution is 2.16. The van der Waals surface area contributed by atoms with Gasteiger partial charge in [-0.3, -0.25) is 4.79 Å². The number of benzene rings is 2. The van der Waals surface area contributed by atoms with Gasteiger partial charge in [-0.1, -0.05) is 23.7 Å². The van der Waals surface area contributed by atoms with E-state index >= 15 is 0 Å². The maximum Gasteiger partial charge on any atom is 0.238 e. The molecule has 128 valence electrons. The summed E-state index contributed by atoms with van der Waals surface area (Å²) < 4.78 is 5.57. The van der Waals surface area contributed by atoms with Gasteiger partial charge in [0.1, 0.15) is 5.75 Å². The third kappa shape index (κ3) is 6.60. The van der Waals surface area contributed by atoms with Gasteiger partial charge in [0, 0.05) is 10.7 Å². The van der Waals surface area contributed by atoms with Crippen LogP contribution in [0.2, 0.25) is 5.02 Å². The van der Waals surface area contributed by atoms with Gasteiger partial charge >= 0.3 is 0 Å². The number of amides is 1. The molecular formula is C19H23ClN2O2. The molecule has 0 aliphatic carbocycles. The van der Waals surface area contributed by atoms with E-state index in [4.69, 9.17) is 16.3 Å². The predicted molar refractivity (Wildman–Crippen MR) is 98.9 cm³/mol. The Bertz CT molecular complexity index is 657. The van der Waals surface area contributed by atoms with Gasteiger partial charge in [0.2, 0.25) is 5.91 Å². The maximum absolute atomic E-state index is 11.9. The normalized spacial score (nSPS) is 10.7. The Morgan fingerprint density at radius 3 is 2.58 bits per heavy atom. The average molecular weight is 347 g/mol. The molecule has 0 aliphatic heterocycles. The van der Waals surface area contributed by atoms with Crippen molar-refractivity contribution in [2.75, 3.05) is 18.4 Å². The van der Waals surface area contributed by atoms with Crippen LogP contribution in [0.1, 0.15) is 19.4 Å². The second kappa shape index (κ2) is 9.30. The zero-order chi connectivity index (χ0) is 17.4. The molecular weight excluding hydrogens is 324 g/mol. The summed E-state index contributed by atoms with van der Waals surface area (Å²) in [6.45, 7) is 4.94. The smallest absolute Gasteiger partial charge is 0.238 e. The van der Waals surface area contributed by atoms with E-state index < -0.39 is 0 Å². The van der Waals surface area contributed by atoms with E-state index in [9.17, 15) is 4.79 Å². The lowest BCUT2D eigenvalue weighted by Crippen LogP contribution is -2.29. The van der Waals surface area contributed by atoms with Crippen LogP contribution in [0, 0.1) is 0 Å². The number of carbonyl (C=O) groups is 1. The van der Waals surface area contributed by atoms with Crippen molar-refractivity contribution in [3.05, 3.63) is 59.1 Å². The number of halogens is 1. The lowest BCUT2D eigenvalue weighted by atomic mass is 10.1. The third-order valence-electron chi connectivity index (χ3n) is 3.27. The van der Waals surface area contributed by atoms with Crippen LogP contribution in [-0.4, -0.2) is 25.1 Å². The zero-order valence-electron chi connectivity index (χ0n) is 14.0. The van der Waals surface area contributed by atoms with Crippen LogP contribution in [0.15, 0.2) is 48.5 Å². The molecule has 0 unspecified atom stereocenters. The van der Waals surface area contributed by atoms with Gasteiger partial charge in [-0.05, 0) is 68.8 Å². The molecule has 0 saturated heterocycles. The van der Waals surface area contributed by atoms with Crippen LogP contribution < -0.4 is 15.4 Å². The number of anilines is 1. The quantitative estimate of drug-likeness (QED) is 0.713. The molecule has 0 saturated carbocycles. The SMILES string of the molecule is CC(C)Oc1ccc(NC(=O)CNCCc2cccc(Cl)c2)cc1. The summed E-state index contributed by atoms with van der Waals surface area (Å²) in [5.41, 5.74) is 1.91. The number of rotatable bonds is 8. The van der Waals surface area contributed by atoms with Crippen LogP contribution in [0.3, 0.4) is 0 Å². The standard InChI is InChI=1S/C19H23ClN2O2/c1-14(2)24-18-8-6-17(7-9-18)22-19(23)13-21-11-10-15-4-3-5-16(20)12-15/h3-9,12,14,21H,10-11,13H2,1-2H3,(H,22,23). The number of ether oxygens (including phenoxy) is 1. The molecule has 4 nitrogen and oxygen atoms in total. The average Bonchev–Trinajstić information content (AvgIpc) is 2.53. The van der Waals surface area contributed by atoms with Gasteiger partial charge in [0.15, 0.2) is 0 Å². The summed E-state index contributed by atoms with van der Waals surface area (Å²) in [7, 11) is 0. The topological polar surface area (TPSA) is 50.4 Å². The Morgan fingerprint density at radius 2 is 1.92 bits per heavy atom. The van der Waals surface area contributed by atoms with E-state index in [2.05, 4.69) is 10.6 Å². The molecule has 24 heavy (non-hydrogen) atoms. The van der Waals surface area contributed by atoms with Crippen molar-refractivity contribution in [1.82, 2.24) is 5.32 Å². The number of hydrogen-bond acceptors (Lipinski definition) is 3. The van der Waals surface area contributed by atoms with Crippen molar-refractivity contribution in [1.29, 1.82) is 0 Å². The van der Waals surface area contributed by atoms with Crippen molar-refractivity contribution in [2.45, 2.75) is 26.4 Å². The van der Waals surface area contributed by atoms with Crippen molar-refractivity contribution in [2.24, 2.45) is 0 Å². The molecule has 0 spiro atoms. The summed E-state index contributed by atoms with van der Waals surface area (Å²) in [4.78, 5) is 11.9. The summed E-state index contributed by atoms with van der Waals surface area (Å²) in [6, 6.07) is 15.1. The minimum atomic E-state index is -0.0707. The van der Waals surface area contributed by atoms with Crippen molar-refractivity contribution in [3.63, 3.8) is 0 Å². The highest BCUT2D eigenvalue weighted by atomic mass is 35.5. The van der Waals surface area contributed by atoms with E-state index in [-0.39, 0.29) is 18.6 Å². The van der Waals surface area contributed by atoms with Crippen LogP contribution in [0.5, 0.6) is 5.75 Å². The molecule has 0 radical (unpaired) electrons. The van der Waals surface area contributed by atoms with Gasteiger partial charge in [0.25, 0.3) is 0 Å². The first-order valence-corrected chi connectivity index (χ1v) is 8.42. The number of hydrogen-bond donors (Lipinski definition) is 2. The molecule has 2 rings (SSSR count). The van der Waals surface area contributed by atoms with Crippen LogP contribution in [-0.2, 0) is 11.2 Å². The lowest BCUT2D eigenvalue weighted by molar-refractivity contribution is -0.115. The molecule has 2 aromatic rings. The Labute approximate surface area is 148 Å². The van der Waals surface area contributed by atoms with Crippen molar-refractivity contribution >= 4 is 23.2 Å². The third-order valence-corrected chi connectivity index (χ3v) is 3.51. The molecule has 5 heteroatoms. The van der Waals surface area contributed by atoms with Crippen molar-refractivity contribution in [3.8, 4) is 5.75 Å². The second-order valence-corrected chi connectivity index (χ2v) is 6.23. The molecule has 0 aliphatic rings. The second-order valence-electron chi connectivity index (χ2n) is 5.80. The van der Waals surface area contributed by atoms with Gasteiger partial charge in [0.05, 0.1) is 12.6 Å². The fourth-order valence-corrected chi connectivity index (χ4v) is 2.43. The molecule has 1 amide bonds. The summed E-state index contributed by atoms with van der Waals surface area (Å²) >= 11 is 5.94. The summed E-state index contributed by atoms with van der Waals surface area (Å²) in [5, 5.41) is 6.71. The molecule has 0 aromatic heterocycles. The Balaban J connectivity index is 1.69. The van der Waals surface area contributed by atoms with Gasteiger partial charge in [-0.25, -0.2) is 0 Å². The lowest BCUT2D eigenvalue weighted by Gasteiger charge is -2.11. The fourth-order valence-electron chi connectivity index (χ4n) is 2.22. The van der Waals surface area contributed by atoms with E-state index in [1.54, 1.807) is 0 Å². The molecule has 0 fully saturated rings. The Kier molecular flexibility index (Phi) is 7.09. The number of nitrogens with one attached hydrogen (secondary N) is 2. The van der Waals surface area contributed by atoms with E-state index in [1.165, 1.54) is 0 Å². The van der Waals surface area contributed by atoms with E-state index in [0.29, 0.717) is 0 Å². The van der Waals surface area contributed by atoms with Crippen LogP contribution in [0.25, 0.3) is 0 Å².